The summed E-state index contributed by atoms with van der Waals surface area (Å²) in [6, 6.07) is 0.782. The molecule has 1 spiro atoms. The van der Waals surface area contributed by atoms with Gasteiger partial charge in [0.15, 0.2) is 5.60 Å². The Labute approximate surface area is 336 Å². The lowest BCUT2D eigenvalue weighted by atomic mass is 9.65. The predicted octanol–water partition coefficient (Wildman–Crippen LogP) is 7.67. The lowest BCUT2D eigenvalue weighted by Gasteiger charge is -2.45. The number of methoxy groups -OCH3 is 1. The molecule has 8 aliphatic rings. The molecule has 2 amide bonds. The molecule has 4 heterocycles. The van der Waals surface area contributed by atoms with Gasteiger partial charge in [-0.1, -0.05) is 70.2 Å². The average molecular weight is 790 g/mol. The highest BCUT2D eigenvalue weighted by Gasteiger charge is 2.67. The highest BCUT2D eigenvalue weighted by Crippen LogP contribution is 2.62. The third-order valence-electron chi connectivity index (χ3n) is 17.3. The van der Waals surface area contributed by atoms with E-state index in [2.05, 4.69) is 40.1 Å². The van der Waals surface area contributed by atoms with Gasteiger partial charge in [-0.15, -0.1) is 5.10 Å². The first-order valence-corrected chi connectivity index (χ1v) is 26.4. The van der Waals surface area contributed by atoms with E-state index < -0.39 is 13.7 Å². The molecule has 2 saturated heterocycles. The lowest BCUT2D eigenvalue weighted by Crippen LogP contribution is -2.51. The minimum atomic E-state index is -1.97. The van der Waals surface area contributed by atoms with Crippen LogP contribution in [0.15, 0.2) is 17.5 Å². The highest BCUT2D eigenvalue weighted by atomic mass is 28.3. The lowest BCUT2D eigenvalue weighted by molar-refractivity contribution is -0.150. The number of amides is 2. The number of fused-ring (bicyclic) bond motifs is 1. The maximum atomic E-state index is 15.6. The average Bonchev–Trinajstić information content (AvgIpc) is 3.94. The second-order valence-electron chi connectivity index (χ2n) is 20.3. The van der Waals surface area contributed by atoms with Crippen molar-refractivity contribution in [1.29, 1.82) is 0 Å². The molecule has 0 aromatic carbocycles. The number of rotatable bonds is 11. The maximum Gasteiger partial charge on any atom is 0.263 e. The van der Waals surface area contributed by atoms with Gasteiger partial charge in [0.2, 0.25) is 5.91 Å². The minimum absolute atomic E-state index is 0.0278. The van der Waals surface area contributed by atoms with Crippen molar-refractivity contribution in [2.24, 2.45) is 29.6 Å². The molecule has 1 N–H and O–H groups in total. The number of carbonyl (C=O) groups is 2. The normalized spacial score (nSPS) is 40.2. The number of hydrogen-bond acceptors (Lipinski definition) is 7. The van der Waals surface area contributed by atoms with E-state index in [9.17, 15) is 9.90 Å². The molecule has 10 atom stereocenters. The Balaban J connectivity index is 0.977. The van der Waals surface area contributed by atoms with E-state index in [4.69, 9.17) is 9.47 Å². The van der Waals surface area contributed by atoms with Crippen molar-refractivity contribution in [3.8, 4) is 0 Å². The van der Waals surface area contributed by atoms with Crippen molar-refractivity contribution in [2.45, 2.75) is 196 Å². The van der Waals surface area contributed by atoms with E-state index in [0.717, 1.165) is 95.2 Å². The van der Waals surface area contributed by atoms with Crippen LogP contribution in [0.25, 0.3) is 0 Å². The summed E-state index contributed by atoms with van der Waals surface area (Å²) in [6.07, 6.45) is 24.3. The van der Waals surface area contributed by atoms with Gasteiger partial charge < -0.3 is 24.4 Å². The van der Waals surface area contributed by atoms with E-state index in [1.165, 1.54) is 56.2 Å². The van der Waals surface area contributed by atoms with Crippen LogP contribution in [0.2, 0.25) is 24.2 Å². The molecule has 5 aliphatic carbocycles. The van der Waals surface area contributed by atoms with Gasteiger partial charge in [-0.3, -0.25) is 14.3 Å². The van der Waals surface area contributed by atoms with Crippen molar-refractivity contribution in [2.75, 3.05) is 20.3 Å². The van der Waals surface area contributed by atoms with Crippen molar-refractivity contribution in [3.05, 3.63) is 23.2 Å². The Hall–Kier alpha value is -2.08. The molecule has 9 rings (SSSR count). The summed E-state index contributed by atoms with van der Waals surface area (Å²) in [5.74, 6) is 2.84. The smallest absolute Gasteiger partial charge is 0.263 e. The second-order valence-corrected chi connectivity index (χ2v) is 25.5. The Morgan fingerprint density at radius 3 is 2.52 bits per heavy atom. The quantitative estimate of drug-likeness (QED) is 0.229. The van der Waals surface area contributed by atoms with Crippen molar-refractivity contribution in [1.82, 2.24) is 24.8 Å². The van der Waals surface area contributed by atoms with E-state index >= 15 is 4.79 Å². The maximum absolute atomic E-state index is 15.6. The van der Waals surface area contributed by atoms with E-state index in [0.29, 0.717) is 60.0 Å². The summed E-state index contributed by atoms with van der Waals surface area (Å²) in [5.41, 5.74) is 3.55. The van der Waals surface area contributed by atoms with Crippen LogP contribution in [0.5, 0.6) is 0 Å². The van der Waals surface area contributed by atoms with Crippen LogP contribution in [0.4, 0.5) is 0 Å². The number of aliphatic hydroxyl groups is 1. The Kier molecular flexibility index (Phi) is 11.1. The van der Waals surface area contributed by atoms with Gasteiger partial charge in [0, 0.05) is 69.0 Å². The summed E-state index contributed by atoms with van der Waals surface area (Å²) in [7, 11) is -0.112. The number of aromatic nitrogens is 3. The molecule has 3 aliphatic heterocycles. The SMILES string of the molecule is COC1CCC([Si](C)(C)[C@H]2[C@H](CCn3cc(CCO)nn3)O[C@@]3(C(=O)N(CC4CCCC(N5C(=O)C6CCCC7CCCC5C76)C4)C4=C3CCCC4)[C@@H]2C)CC1. The van der Waals surface area contributed by atoms with Crippen LogP contribution in [0.1, 0.15) is 135 Å². The largest absolute Gasteiger partial charge is 0.396 e. The topological polar surface area (TPSA) is 110 Å². The summed E-state index contributed by atoms with van der Waals surface area (Å²) >= 11 is 0. The summed E-state index contributed by atoms with van der Waals surface area (Å²) in [4.78, 5) is 34.4. The number of likely N-dealkylation sites (tertiary alicyclic amines) is 1. The third kappa shape index (κ3) is 6.59. The van der Waals surface area contributed by atoms with Gasteiger partial charge in [0.25, 0.3) is 5.91 Å². The number of hydrogen-bond donors (Lipinski definition) is 1. The summed E-state index contributed by atoms with van der Waals surface area (Å²) in [5, 5.41) is 18.2. The summed E-state index contributed by atoms with van der Waals surface area (Å²) in [6.45, 7) is 9.13. The van der Waals surface area contributed by atoms with E-state index in [1.54, 1.807) is 0 Å². The molecule has 0 radical (unpaired) electrons. The number of ether oxygens (including phenoxy) is 2. The molecule has 11 heteroatoms. The van der Waals surface area contributed by atoms with Gasteiger partial charge in [-0.25, -0.2) is 0 Å². The van der Waals surface area contributed by atoms with Crippen LogP contribution in [-0.2, 0) is 32.0 Å². The molecule has 0 bridgehead atoms. The minimum Gasteiger partial charge on any atom is -0.396 e. The molecule has 310 valence electrons. The van der Waals surface area contributed by atoms with Crippen molar-refractivity contribution in [3.63, 3.8) is 0 Å². The van der Waals surface area contributed by atoms with Crippen LogP contribution in [0, 0.1) is 29.6 Å². The van der Waals surface area contributed by atoms with Gasteiger partial charge in [0.1, 0.15) is 0 Å². The van der Waals surface area contributed by atoms with Crippen LogP contribution in [-0.4, -0.2) is 99.9 Å². The zero-order valence-electron chi connectivity index (χ0n) is 35.0. The molecule has 6 unspecified atom stereocenters. The molecule has 56 heavy (non-hydrogen) atoms. The van der Waals surface area contributed by atoms with Gasteiger partial charge in [-0.2, -0.15) is 0 Å². The molecule has 1 aromatic heterocycles. The summed E-state index contributed by atoms with van der Waals surface area (Å²) < 4.78 is 15.3. The zero-order chi connectivity index (χ0) is 38.8. The van der Waals surface area contributed by atoms with Gasteiger partial charge in [0.05, 0.1) is 26.0 Å². The first kappa shape index (κ1) is 39.4. The molecule has 10 nitrogen and oxygen atoms in total. The van der Waals surface area contributed by atoms with Gasteiger partial charge >= 0.3 is 0 Å². The first-order chi connectivity index (χ1) is 27.1. The molecular formula is C45H71N5O5Si. The highest BCUT2D eigenvalue weighted by molar-refractivity contribution is 6.80. The molecule has 4 saturated carbocycles. The Bertz CT molecular complexity index is 1640. The molecular weight excluding hydrogens is 719 g/mol. The van der Waals surface area contributed by atoms with Crippen LogP contribution >= 0.6 is 0 Å². The van der Waals surface area contributed by atoms with E-state index in [1.807, 2.05) is 18.0 Å². The fourth-order valence-electron chi connectivity index (χ4n) is 14.8. The number of carbonyl (C=O) groups excluding carboxylic acids is 2. The Morgan fingerprint density at radius 2 is 1.73 bits per heavy atom. The standard InChI is InChI=1S/C45H71N5O5Si/c1-29-42(56(3,4)35-20-18-34(54-2)19-21-35)40(22-24-48-28-32(23-25-51)46-47-48)55-45(29)37-15-5-6-16-38(37)49(44(45)53)27-30-10-7-13-33(26-30)50-39-17-9-12-31-11-8-14-36(41(31)39)43(50)52/h28-31,33-36,39-42,51H,5-27H2,1-4H3/t29-,30?,31?,33?,34?,35?,36?,39?,40+,41?,42-,45+/m1/s1. The predicted molar refractivity (Wildman–Crippen MR) is 218 cm³/mol. The number of aryl methyl sites for hydroxylation is 1. The van der Waals surface area contributed by atoms with Gasteiger partial charge in [-0.05, 0) is 111 Å². The van der Waals surface area contributed by atoms with Crippen LogP contribution < -0.4 is 0 Å². The van der Waals surface area contributed by atoms with Crippen molar-refractivity contribution < 1.29 is 24.2 Å². The van der Waals surface area contributed by atoms with Crippen LogP contribution in [0.3, 0.4) is 0 Å². The monoisotopic (exact) mass is 790 g/mol. The Morgan fingerprint density at radius 1 is 0.964 bits per heavy atom. The van der Waals surface area contributed by atoms with Crippen molar-refractivity contribution >= 4 is 19.9 Å². The molecule has 1 aromatic rings. The fraction of sp³-hybridized carbons (Fsp3) is 0.867. The zero-order valence-corrected chi connectivity index (χ0v) is 36.0. The third-order valence-corrected chi connectivity index (χ3v) is 22.6. The van der Waals surface area contributed by atoms with E-state index in [-0.39, 0.29) is 30.5 Å². The fourth-order valence-corrected chi connectivity index (χ4v) is 19.9. The second kappa shape index (κ2) is 15.8. The first-order valence-electron chi connectivity index (χ1n) is 23.2. The number of nitrogens with zero attached hydrogens (tertiary/aromatic N) is 5. The number of allylic oxidation sites excluding steroid dienone is 1. The number of aliphatic hydroxyl groups excluding tert-OH is 1. The molecule has 6 fully saturated rings.